The van der Waals surface area contributed by atoms with E-state index in [2.05, 4.69) is 44.1 Å². The first kappa shape index (κ1) is 10.8. The lowest BCUT2D eigenvalue weighted by Crippen LogP contribution is -2.25. The highest BCUT2D eigenvalue weighted by molar-refractivity contribution is 5.81. The lowest BCUT2D eigenvalue weighted by molar-refractivity contribution is 0.367. The monoisotopic (exact) mass is 220 g/mol. The van der Waals surface area contributed by atoms with Gasteiger partial charge < -0.3 is 15.2 Å². The molecular formula is C10H16N6. The fourth-order valence-electron chi connectivity index (χ4n) is 1.42. The quantitative estimate of drug-likeness (QED) is 0.777. The zero-order valence-corrected chi connectivity index (χ0v) is 9.56. The summed E-state index contributed by atoms with van der Waals surface area (Å²) in [5.41, 5.74) is 1.56. The second-order valence-electron chi connectivity index (χ2n) is 3.65. The zero-order valence-electron chi connectivity index (χ0n) is 9.56. The lowest BCUT2D eigenvalue weighted by Gasteiger charge is -2.14. The number of nitrogens with zero attached hydrogens (tertiary/aromatic N) is 4. The third kappa shape index (κ3) is 2.27. The minimum Gasteiger partial charge on any atom is -0.367 e. The van der Waals surface area contributed by atoms with Crippen LogP contribution in [0.5, 0.6) is 0 Å². The maximum Gasteiger partial charge on any atom is 0.182 e. The van der Waals surface area contributed by atoms with Gasteiger partial charge in [0.1, 0.15) is 11.8 Å². The fraction of sp³-hybridized carbons (Fsp3) is 0.500. The maximum absolute atomic E-state index is 4.19. The molecule has 0 bridgehead atoms. The van der Waals surface area contributed by atoms with Gasteiger partial charge in [0.15, 0.2) is 11.5 Å². The number of likely N-dealkylation sites (N-methyl/N-ethyl adjacent to an activating group) is 1. The number of hydrogen-bond donors (Lipinski definition) is 2. The van der Waals surface area contributed by atoms with Crippen LogP contribution in [0.2, 0.25) is 0 Å². The average Bonchev–Trinajstić information content (AvgIpc) is 2.77. The summed E-state index contributed by atoms with van der Waals surface area (Å²) in [6.07, 6.45) is 3.15. The summed E-state index contributed by atoms with van der Waals surface area (Å²) >= 11 is 0. The first-order valence-corrected chi connectivity index (χ1v) is 5.37. The lowest BCUT2D eigenvalue weighted by atomic mass is 10.4. The minimum atomic E-state index is 0.696. The molecule has 2 N–H and O–H groups in total. The Kier molecular flexibility index (Phi) is 3.31. The highest BCUT2D eigenvalue weighted by Gasteiger charge is 2.04. The first-order chi connectivity index (χ1) is 7.81. The summed E-state index contributed by atoms with van der Waals surface area (Å²) in [7, 11) is 2.09. The molecule has 86 valence electrons. The Morgan fingerprint density at radius 2 is 2.25 bits per heavy atom. The van der Waals surface area contributed by atoms with E-state index in [1.807, 2.05) is 0 Å². The first-order valence-electron chi connectivity index (χ1n) is 5.37. The molecule has 0 aliphatic rings. The Hall–Kier alpha value is -1.69. The van der Waals surface area contributed by atoms with E-state index < -0.39 is 0 Å². The molecular weight excluding hydrogens is 204 g/mol. The Morgan fingerprint density at radius 3 is 3.06 bits per heavy atom. The van der Waals surface area contributed by atoms with E-state index in [9.17, 15) is 0 Å². The summed E-state index contributed by atoms with van der Waals surface area (Å²) in [5, 5.41) is 3.27. The van der Waals surface area contributed by atoms with E-state index in [1.165, 1.54) is 6.33 Å². The number of aromatic amines is 1. The largest absolute Gasteiger partial charge is 0.367 e. The SMILES string of the molecule is CCN(C)CCNc1ncnc2nc[nH]c12. The van der Waals surface area contributed by atoms with Gasteiger partial charge in [-0.25, -0.2) is 15.0 Å². The van der Waals surface area contributed by atoms with Crippen LogP contribution in [-0.2, 0) is 0 Å². The number of fused-ring (bicyclic) bond motifs is 1. The molecule has 0 spiro atoms. The van der Waals surface area contributed by atoms with Crippen LogP contribution in [0.1, 0.15) is 6.92 Å². The minimum absolute atomic E-state index is 0.696. The van der Waals surface area contributed by atoms with E-state index in [1.54, 1.807) is 6.33 Å². The number of anilines is 1. The van der Waals surface area contributed by atoms with Gasteiger partial charge in [-0.3, -0.25) is 0 Å². The third-order valence-corrected chi connectivity index (χ3v) is 2.55. The van der Waals surface area contributed by atoms with Crippen LogP contribution in [0.15, 0.2) is 12.7 Å². The van der Waals surface area contributed by atoms with Gasteiger partial charge >= 0.3 is 0 Å². The molecule has 2 rings (SSSR count). The van der Waals surface area contributed by atoms with Crippen LogP contribution in [0.4, 0.5) is 5.82 Å². The molecule has 0 aromatic carbocycles. The van der Waals surface area contributed by atoms with Crippen molar-refractivity contribution in [3.05, 3.63) is 12.7 Å². The van der Waals surface area contributed by atoms with Gasteiger partial charge in [0.05, 0.1) is 6.33 Å². The molecule has 2 heterocycles. The summed E-state index contributed by atoms with van der Waals surface area (Å²) in [6.45, 7) is 5.02. The van der Waals surface area contributed by atoms with Crippen molar-refractivity contribution >= 4 is 17.0 Å². The van der Waals surface area contributed by atoms with Crippen molar-refractivity contribution in [1.29, 1.82) is 0 Å². The summed E-state index contributed by atoms with van der Waals surface area (Å²) in [4.78, 5) is 17.6. The number of hydrogen-bond acceptors (Lipinski definition) is 5. The predicted molar refractivity (Wildman–Crippen MR) is 63.3 cm³/mol. The van der Waals surface area contributed by atoms with Crippen molar-refractivity contribution < 1.29 is 0 Å². The Labute approximate surface area is 94.1 Å². The fourth-order valence-corrected chi connectivity index (χ4v) is 1.42. The van der Waals surface area contributed by atoms with Crippen molar-refractivity contribution in [3.8, 4) is 0 Å². The van der Waals surface area contributed by atoms with E-state index in [0.29, 0.717) is 5.65 Å². The smallest absolute Gasteiger partial charge is 0.182 e. The molecule has 6 heteroatoms. The van der Waals surface area contributed by atoms with Crippen molar-refractivity contribution in [2.75, 3.05) is 32.0 Å². The van der Waals surface area contributed by atoms with Gasteiger partial charge in [-0.05, 0) is 13.6 Å². The van der Waals surface area contributed by atoms with E-state index in [4.69, 9.17) is 0 Å². The molecule has 6 nitrogen and oxygen atoms in total. The van der Waals surface area contributed by atoms with Crippen LogP contribution in [0, 0.1) is 0 Å². The molecule has 16 heavy (non-hydrogen) atoms. The molecule has 0 aliphatic heterocycles. The number of imidazole rings is 1. The Morgan fingerprint density at radius 1 is 1.38 bits per heavy atom. The molecule has 0 saturated carbocycles. The third-order valence-electron chi connectivity index (χ3n) is 2.55. The van der Waals surface area contributed by atoms with E-state index in [0.717, 1.165) is 31.0 Å². The molecule has 0 amide bonds. The number of nitrogens with one attached hydrogen (secondary N) is 2. The maximum atomic E-state index is 4.19. The molecule has 0 unspecified atom stereocenters. The summed E-state index contributed by atoms with van der Waals surface area (Å²) in [6, 6.07) is 0. The van der Waals surface area contributed by atoms with Crippen molar-refractivity contribution in [1.82, 2.24) is 24.8 Å². The van der Waals surface area contributed by atoms with Gasteiger partial charge in [0, 0.05) is 13.1 Å². The average molecular weight is 220 g/mol. The molecule has 2 aromatic rings. The molecule has 2 aromatic heterocycles. The summed E-state index contributed by atoms with van der Waals surface area (Å²) < 4.78 is 0. The number of H-pyrrole nitrogens is 1. The number of aromatic nitrogens is 4. The second-order valence-corrected chi connectivity index (χ2v) is 3.65. The van der Waals surface area contributed by atoms with Gasteiger partial charge in [-0.2, -0.15) is 0 Å². The van der Waals surface area contributed by atoms with Gasteiger partial charge in [-0.15, -0.1) is 0 Å². The van der Waals surface area contributed by atoms with E-state index >= 15 is 0 Å². The van der Waals surface area contributed by atoms with Crippen LogP contribution < -0.4 is 5.32 Å². The zero-order chi connectivity index (χ0) is 11.4. The van der Waals surface area contributed by atoms with Crippen molar-refractivity contribution in [2.45, 2.75) is 6.92 Å². The molecule has 0 aliphatic carbocycles. The van der Waals surface area contributed by atoms with E-state index in [-0.39, 0.29) is 0 Å². The Bertz CT molecular complexity index is 451. The Balaban J connectivity index is 2.01. The number of rotatable bonds is 5. The van der Waals surface area contributed by atoms with Gasteiger partial charge in [0.25, 0.3) is 0 Å². The topological polar surface area (TPSA) is 69.7 Å². The highest BCUT2D eigenvalue weighted by atomic mass is 15.1. The molecule has 0 saturated heterocycles. The predicted octanol–water partition coefficient (Wildman–Crippen LogP) is 0.716. The van der Waals surface area contributed by atoms with Gasteiger partial charge in [0.2, 0.25) is 0 Å². The van der Waals surface area contributed by atoms with Crippen LogP contribution in [-0.4, -0.2) is 51.5 Å². The molecule has 0 radical (unpaired) electrons. The van der Waals surface area contributed by atoms with Gasteiger partial charge in [-0.1, -0.05) is 6.92 Å². The van der Waals surface area contributed by atoms with Crippen LogP contribution >= 0.6 is 0 Å². The molecule has 0 atom stereocenters. The summed E-state index contributed by atoms with van der Waals surface area (Å²) in [5.74, 6) is 0.812. The van der Waals surface area contributed by atoms with Crippen molar-refractivity contribution in [3.63, 3.8) is 0 Å². The van der Waals surface area contributed by atoms with Crippen molar-refractivity contribution in [2.24, 2.45) is 0 Å². The van der Waals surface area contributed by atoms with Crippen LogP contribution in [0.25, 0.3) is 11.2 Å². The molecule has 0 fully saturated rings. The van der Waals surface area contributed by atoms with Crippen LogP contribution in [0.3, 0.4) is 0 Å². The standard InChI is InChI=1S/C10H16N6/c1-3-16(2)5-4-11-9-8-10(13-6-12-8)15-7-14-9/h6-7H,3-5H2,1-2H3,(H2,11,12,13,14,15). The second kappa shape index (κ2) is 4.89. The highest BCUT2D eigenvalue weighted by Crippen LogP contribution is 2.13. The normalized spacial score (nSPS) is 11.2.